The van der Waals surface area contributed by atoms with Crippen molar-refractivity contribution in [3.8, 4) is 0 Å². The summed E-state index contributed by atoms with van der Waals surface area (Å²) in [5, 5.41) is 7.85. The fourth-order valence-electron chi connectivity index (χ4n) is 2.13. The second kappa shape index (κ2) is 5.48. The van der Waals surface area contributed by atoms with Crippen LogP contribution in [0.15, 0.2) is 15.5 Å². The third-order valence-electron chi connectivity index (χ3n) is 3.34. The van der Waals surface area contributed by atoms with Crippen LogP contribution in [0.2, 0.25) is 0 Å². The molecule has 126 valence electrons. The maximum Gasteiger partial charge on any atom is 0.283 e. The minimum atomic E-state index is -4.07. The lowest BCUT2D eigenvalue weighted by molar-refractivity contribution is 0.0972. The van der Waals surface area contributed by atoms with Crippen molar-refractivity contribution >= 4 is 15.9 Å². The molecule has 8 nitrogen and oxygen atoms in total. The van der Waals surface area contributed by atoms with Gasteiger partial charge in [0, 0.05) is 12.5 Å². The summed E-state index contributed by atoms with van der Waals surface area (Å²) in [6.07, 6.45) is 0. The van der Waals surface area contributed by atoms with Crippen molar-refractivity contribution in [2.45, 2.75) is 44.9 Å². The van der Waals surface area contributed by atoms with Crippen LogP contribution in [0.3, 0.4) is 0 Å². The smallest absolute Gasteiger partial charge is 0.283 e. The Hall–Kier alpha value is -2.16. The Labute approximate surface area is 134 Å². The van der Waals surface area contributed by atoms with Crippen molar-refractivity contribution in [1.82, 2.24) is 19.7 Å². The van der Waals surface area contributed by atoms with Crippen LogP contribution in [0.5, 0.6) is 0 Å². The zero-order chi connectivity index (χ0) is 17.6. The Morgan fingerprint density at radius 1 is 1.30 bits per heavy atom. The van der Waals surface area contributed by atoms with Gasteiger partial charge in [-0.2, -0.15) is 5.10 Å². The van der Waals surface area contributed by atoms with E-state index in [1.807, 2.05) is 25.5 Å². The first-order valence-corrected chi connectivity index (χ1v) is 8.46. The van der Waals surface area contributed by atoms with Gasteiger partial charge in [0.15, 0.2) is 10.7 Å². The molecule has 0 bridgehead atoms. The minimum Gasteiger partial charge on any atom is -0.360 e. The van der Waals surface area contributed by atoms with Gasteiger partial charge in [-0.15, -0.1) is 0 Å². The van der Waals surface area contributed by atoms with Crippen LogP contribution in [-0.4, -0.2) is 29.3 Å². The van der Waals surface area contributed by atoms with Crippen LogP contribution in [0.4, 0.5) is 0 Å². The summed E-state index contributed by atoms with van der Waals surface area (Å²) >= 11 is 0. The van der Waals surface area contributed by atoms with Gasteiger partial charge in [-0.05, 0) is 19.9 Å². The van der Waals surface area contributed by atoms with E-state index < -0.39 is 15.9 Å². The zero-order valence-electron chi connectivity index (χ0n) is 14.0. The average Bonchev–Trinajstić information content (AvgIpc) is 2.92. The summed E-state index contributed by atoms with van der Waals surface area (Å²) in [5.74, 6) is -0.626. The molecule has 0 aromatic carbocycles. The molecule has 2 rings (SSSR count). The number of amides is 1. The first kappa shape index (κ1) is 17.2. The van der Waals surface area contributed by atoms with E-state index in [1.54, 1.807) is 13.1 Å². The van der Waals surface area contributed by atoms with Crippen molar-refractivity contribution in [3.63, 3.8) is 0 Å². The fraction of sp³-hybridized carbons (Fsp3) is 0.500. The van der Waals surface area contributed by atoms with Gasteiger partial charge in [-0.3, -0.25) is 9.48 Å². The number of nitrogens with zero attached hydrogens (tertiary/aromatic N) is 3. The number of hydrogen-bond acceptors (Lipinski definition) is 6. The molecule has 0 aliphatic heterocycles. The van der Waals surface area contributed by atoms with Gasteiger partial charge in [-0.1, -0.05) is 25.9 Å². The van der Waals surface area contributed by atoms with Crippen LogP contribution in [0.1, 0.15) is 48.4 Å². The zero-order valence-corrected chi connectivity index (χ0v) is 14.8. The molecule has 0 fully saturated rings. The highest BCUT2D eigenvalue weighted by Gasteiger charge is 2.29. The summed E-state index contributed by atoms with van der Waals surface area (Å²) in [6.45, 7) is 8.84. The number of sulfonamides is 1. The number of aryl methyl sites for hydroxylation is 3. The van der Waals surface area contributed by atoms with Crippen molar-refractivity contribution in [1.29, 1.82) is 0 Å². The quantitative estimate of drug-likeness (QED) is 0.906. The lowest BCUT2D eigenvalue weighted by atomic mass is 9.92. The summed E-state index contributed by atoms with van der Waals surface area (Å²) in [4.78, 5) is 12.2. The van der Waals surface area contributed by atoms with Crippen LogP contribution in [0.25, 0.3) is 0 Å². The predicted molar refractivity (Wildman–Crippen MR) is 82.5 cm³/mol. The molecule has 1 N–H and O–H groups in total. The van der Waals surface area contributed by atoms with Gasteiger partial charge in [0.1, 0.15) is 11.4 Å². The fourth-order valence-corrected chi connectivity index (χ4v) is 3.42. The molecule has 23 heavy (non-hydrogen) atoms. The maximum absolute atomic E-state index is 12.4. The summed E-state index contributed by atoms with van der Waals surface area (Å²) in [7, 11) is -2.48. The molecule has 0 atom stereocenters. The Balaban J connectivity index is 2.35. The van der Waals surface area contributed by atoms with E-state index in [2.05, 4.69) is 10.3 Å². The van der Waals surface area contributed by atoms with Crippen molar-refractivity contribution < 1.29 is 17.7 Å². The lowest BCUT2D eigenvalue weighted by Gasteiger charge is -2.13. The van der Waals surface area contributed by atoms with Crippen LogP contribution >= 0.6 is 0 Å². The van der Waals surface area contributed by atoms with E-state index in [0.717, 1.165) is 0 Å². The third kappa shape index (κ3) is 3.29. The van der Waals surface area contributed by atoms with E-state index in [9.17, 15) is 13.2 Å². The van der Waals surface area contributed by atoms with Gasteiger partial charge in [0.05, 0.1) is 5.69 Å². The predicted octanol–water partition coefficient (Wildman–Crippen LogP) is 1.44. The van der Waals surface area contributed by atoms with Gasteiger partial charge < -0.3 is 4.52 Å². The number of aromatic nitrogens is 3. The highest BCUT2D eigenvalue weighted by Crippen LogP contribution is 2.22. The van der Waals surface area contributed by atoms with E-state index >= 15 is 0 Å². The number of carbonyl (C=O) groups is 1. The molecule has 2 aromatic heterocycles. The van der Waals surface area contributed by atoms with Crippen LogP contribution in [-0.2, 0) is 22.5 Å². The normalized spacial score (nSPS) is 12.4. The summed E-state index contributed by atoms with van der Waals surface area (Å²) < 4.78 is 33.0. The van der Waals surface area contributed by atoms with E-state index in [-0.39, 0.29) is 27.5 Å². The number of nitrogens with one attached hydrogen (secondary N) is 1. The Bertz CT molecular complexity index is 836. The minimum absolute atomic E-state index is 0.121. The van der Waals surface area contributed by atoms with Crippen molar-refractivity contribution in [2.75, 3.05) is 0 Å². The Morgan fingerprint density at radius 3 is 2.35 bits per heavy atom. The van der Waals surface area contributed by atoms with Crippen LogP contribution < -0.4 is 4.72 Å². The molecule has 0 aliphatic carbocycles. The molecule has 0 unspecified atom stereocenters. The van der Waals surface area contributed by atoms with Crippen LogP contribution in [0, 0.1) is 13.8 Å². The van der Waals surface area contributed by atoms with E-state index in [4.69, 9.17) is 4.52 Å². The highest BCUT2D eigenvalue weighted by atomic mass is 32.2. The first-order chi connectivity index (χ1) is 10.4. The highest BCUT2D eigenvalue weighted by molar-refractivity contribution is 7.90. The molecule has 2 aromatic rings. The van der Waals surface area contributed by atoms with Gasteiger partial charge in [-0.25, -0.2) is 13.1 Å². The molecule has 0 aliphatic rings. The molecule has 0 spiro atoms. The van der Waals surface area contributed by atoms with Gasteiger partial charge in [0.2, 0.25) is 0 Å². The monoisotopic (exact) mass is 340 g/mol. The standard InChI is InChI=1S/C14H20N4O4S/c1-8-12(9(2)22-16-8)23(20,21)17-13(19)10-7-11(14(3,4)5)15-18(10)6/h7H,1-6H3,(H,17,19). The second-order valence-corrected chi connectivity index (χ2v) is 8.00. The maximum atomic E-state index is 12.4. The van der Waals surface area contributed by atoms with Gasteiger partial charge >= 0.3 is 0 Å². The summed E-state index contributed by atoms with van der Waals surface area (Å²) in [5.41, 5.74) is 0.796. The number of hydrogen-bond donors (Lipinski definition) is 1. The average molecular weight is 340 g/mol. The summed E-state index contributed by atoms with van der Waals surface area (Å²) in [6, 6.07) is 1.58. The number of rotatable bonds is 3. The molecule has 2 heterocycles. The second-order valence-electron chi connectivity index (χ2n) is 6.38. The molecular weight excluding hydrogens is 320 g/mol. The Kier molecular flexibility index (Phi) is 4.10. The molecular formula is C14H20N4O4S. The molecule has 9 heteroatoms. The SMILES string of the molecule is Cc1noc(C)c1S(=O)(=O)NC(=O)c1cc(C(C)(C)C)nn1C. The molecule has 0 saturated carbocycles. The van der Waals surface area contributed by atoms with Crippen molar-refractivity contribution in [2.24, 2.45) is 7.05 Å². The number of carbonyl (C=O) groups excluding carboxylic acids is 1. The van der Waals surface area contributed by atoms with E-state index in [0.29, 0.717) is 5.69 Å². The van der Waals surface area contributed by atoms with Crippen molar-refractivity contribution in [3.05, 3.63) is 28.9 Å². The van der Waals surface area contributed by atoms with E-state index in [1.165, 1.54) is 18.5 Å². The largest absolute Gasteiger partial charge is 0.360 e. The molecule has 0 saturated heterocycles. The molecule has 0 radical (unpaired) electrons. The lowest BCUT2D eigenvalue weighted by Crippen LogP contribution is -2.32. The molecule has 1 amide bonds. The first-order valence-electron chi connectivity index (χ1n) is 6.98. The Morgan fingerprint density at radius 2 is 1.91 bits per heavy atom. The third-order valence-corrected chi connectivity index (χ3v) is 4.92. The van der Waals surface area contributed by atoms with Gasteiger partial charge in [0.25, 0.3) is 15.9 Å². The topological polar surface area (TPSA) is 107 Å².